The highest BCUT2D eigenvalue weighted by Gasteiger charge is 2.29. The number of non-ortho nitro benzene ring substituents is 1. The van der Waals surface area contributed by atoms with Crippen molar-refractivity contribution in [3.05, 3.63) is 38.4 Å². The molecule has 0 bridgehead atoms. The number of anilines is 1. The van der Waals surface area contributed by atoms with E-state index in [1.165, 1.54) is 12.1 Å². The fraction of sp³-hybridized carbons (Fsp3) is 0.556. The fourth-order valence-electron chi connectivity index (χ4n) is 3.21. The van der Waals surface area contributed by atoms with Crippen LogP contribution >= 0.6 is 0 Å². The van der Waals surface area contributed by atoms with Crippen molar-refractivity contribution in [2.45, 2.75) is 58.4 Å². The zero-order chi connectivity index (χ0) is 20.7. The topological polar surface area (TPSA) is 131 Å². The van der Waals surface area contributed by atoms with Gasteiger partial charge in [-0.1, -0.05) is 19.8 Å². The van der Waals surface area contributed by atoms with Gasteiger partial charge in [-0.2, -0.15) is 5.10 Å². The van der Waals surface area contributed by atoms with Gasteiger partial charge in [0.25, 0.3) is 5.69 Å². The van der Waals surface area contributed by atoms with Crippen molar-refractivity contribution in [3.8, 4) is 0 Å². The van der Waals surface area contributed by atoms with E-state index >= 15 is 0 Å². The molecular formula is C18H25N5O5. The van der Waals surface area contributed by atoms with Gasteiger partial charge in [-0.15, -0.1) is 0 Å². The summed E-state index contributed by atoms with van der Waals surface area (Å²) in [4.78, 5) is 34.5. The van der Waals surface area contributed by atoms with Crippen LogP contribution in [-0.4, -0.2) is 39.0 Å². The molecule has 10 nitrogen and oxygen atoms in total. The van der Waals surface area contributed by atoms with Gasteiger partial charge in [-0.05, 0) is 25.8 Å². The first-order valence-corrected chi connectivity index (χ1v) is 9.35. The highest BCUT2D eigenvalue weighted by molar-refractivity contribution is 5.84. The minimum Gasteiger partial charge on any atom is -0.339 e. The summed E-state index contributed by atoms with van der Waals surface area (Å²) >= 11 is 0. The van der Waals surface area contributed by atoms with Crippen LogP contribution in [0.3, 0.4) is 0 Å². The molecule has 0 radical (unpaired) electrons. The van der Waals surface area contributed by atoms with Gasteiger partial charge in [0.05, 0.1) is 15.9 Å². The quantitative estimate of drug-likeness (QED) is 0.366. The Morgan fingerprint density at radius 2 is 2.07 bits per heavy atom. The number of nitro benzene ring substituents is 2. The van der Waals surface area contributed by atoms with E-state index in [4.69, 9.17) is 0 Å². The highest BCUT2D eigenvalue weighted by Crippen LogP contribution is 2.29. The molecular weight excluding hydrogens is 366 g/mol. The van der Waals surface area contributed by atoms with Crippen LogP contribution < -0.4 is 5.43 Å². The summed E-state index contributed by atoms with van der Waals surface area (Å²) in [7, 11) is 0. The molecule has 0 saturated carbocycles. The monoisotopic (exact) mass is 391 g/mol. The standard InChI is InChI=1S/C18H25N5O5/c1-3-4-5-14-7-9-18(24)21(14)11-10-13(2)19-20-16-8-6-15(22(25)26)12-17(16)23(27)28/h6,8,12,14,20H,3-5,7,9-11H2,1-2H3/b19-13-. The first-order valence-electron chi connectivity index (χ1n) is 9.35. The third-order valence-corrected chi connectivity index (χ3v) is 4.81. The average molecular weight is 391 g/mol. The fourth-order valence-corrected chi connectivity index (χ4v) is 3.21. The number of unbranched alkanes of at least 4 members (excludes halogenated alkanes) is 1. The van der Waals surface area contributed by atoms with Crippen LogP contribution in [0.25, 0.3) is 0 Å². The number of hydrogen-bond donors (Lipinski definition) is 1. The smallest absolute Gasteiger partial charge is 0.301 e. The van der Waals surface area contributed by atoms with Crippen LogP contribution in [-0.2, 0) is 4.79 Å². The molecule has 10 heteroatoms. The van der Waals surface area contributed by atoms with Gasteiger partial charge in [-0.3, -0.25) is 30.4 Å². The zero-order valence-electron chi connectivity index (χ0n) is 16.1. The van der Waals surface area contributed by atoms with Crippen molar-refractivity contribution < 1.29 is 14.6 Å². The average Bonchev–Trinajstić information content (AvgIpc) is 3.02. The van der Waals surface area contributed by atoms with E-state index in [2.05, 4.69) is 17.5 Å². The van der Waals surface area contributed by atoms with Crippen molar-refractivity contribution >= 4 is 28.7 Å². The number of hydrogen-bond acceptors (Lipinski definition) is 7. The van der Waals surface area contributed by atoms with Crippen LogP contribution in [0.2, 0.25) is 0 Å². The van der Waals surface area contributed by atoms with Crippen molar-refractivity contribution in [3.63, 3.8) is 0 Å². The number of rotatable bonds is 10. The highest BCUT2D eigenvalue weighted by atomic mass is 16.6. The van der Waals surface area contributed by atoms with Gasteiger partial charge < -0.3 is 4.90 Å². The van der Waals surface area contributed by atoms with E-state index in [1.54, 1.807) is 6.92 Å². The summed E-state index contributed by atoms with van der Waals surface area (Å²) in [6, 6.07) is 3.62. The third-order valence-electron chi connectivity index (χ3n) is 4.81. The maximum atomic E-state index is 12.1. The molecule has 2 rings (SSSR count). The van der Waals surface area contributed by atoms with Gasteiger partial charge in [0, 0.05) is 37.2 Å². The van der Waals surface area contributed by atoms with Crippen LogP contribution in [0.4, 0.5) is 17.1 Å². The van der Waals surface area contributed by atoms with E-state index in [0.29, 0.717) is 25.1 Å². The Bertz CT molecular complexity index is 780. The maximum Gasteiger partial charge on any atom is 0.301 e. The van der Waals surface area contributed by atoms with E-state index in [0.717, 1.165) is 31.7 Å². The van der Waals surface area contributed by atoms with Crippen molar-refractivity contribution in [1.29, 1.82) is 0 Å². The lowest BCUT2D eigenvalue weighted by molar-refractivity contribution is -0.393. The molecule has 1 fully saturated rings. The van der Waals surface area contributed by atoms with Gasteiger partial charge in [0.15, 0.2) is 0 Å². The van der Waals surface area contributed by atoms with E-state index < -0.39 is 15.5 Å². The molecule has 1 atom stereocenters. The molecule has 1 aliphatic rings. The predicted octanol–water partition coefficient (Wildman–Crippen LogP) is 3.86. The van der Waals surface area contributed by atoms with Gasteiger partial charge >= 0.3 is 5.69 Å². The van der Waals surface area contributed by atoms with Gasteiger partial charge in [0.2, 0.25) is 5.91 Å². The minimum atomic E-state index is -0.693. The van der Waals surface area contributed by atoms with Gasteiger partial charge in [0.1, 0.15) is 5.69 Å². The molecule has 1 unspecified atom stereocenters. The molecule has 1 amide bonds. The first kappa shape index (κ1) is 21.3. The summed E-state index contributed by atoms with van der Waals surface area (Å²) in [6.07, 6.45) is 5.21. The van der Waals surface area contributed by atoms with Crippen LogP contribution in [0.15, 0.2) is 23.3 Å². The van der Waals surface area contributed by atoms with Crippen molar-refractivity contribution in [2.24, 2.45) is 5.10 Å². The number of benzene rings is 1. The van der Waals surface area contributed by atoms with Crippen LogP contribution in [0, 0.1) is 20.2 Å². The Morgan fingerprint density at radius 1 is 1.32 bits per heavy atom. The SMILES string of the molecule is CCCCC1CCC(=O)N1CC/C(C)=N\Nc1ccc([N+](=O)[O-])cc1[N+](=O)[O-]. The Kier molecular flexibility index (Phi) is 7.42. The summed E-state index contributed by atoms with van der Waals surface area (Å²) in [5.41, 5.74) is 2.60. The van der Waals surface area contributed by atoms with E-state index in [9.17, 15) is 25.0 Å². The summed E-state index contributed by atoms with van der Waals surface area (Å²) in [5, 5.41) is 26.1. The molecule has 1 aromatic rings. The second-order valence-corrected chi connectivity index (χ2v) is 6.85. The first-order chi connectivity index (χ1) is 13.3. The number of likely N-dealkylation sites (tertiary alicyclic amines) is 1. The molecule has 28 heavy (non-hydrogen) atoms. The second kappa shape index (κ2) is 9.77. The second-order valence-electron chi connectivity index (χ2n) is 6.85. The molecule has 1 aliphatic heterocycles. The number of hydrazone groups is 1. The Hall–Kier alpha value is -3.04. The minimum absolute atomic E-state index is 0.0769. The number of nitrogens with one attached hydrogen (secondary N) is 1. The molecule has 152 valence electrons. The Labute approximate surface area is 162 Å². The predicted molar refractivity (Wildman–Crippen MR) is 105 cm³/mol. The molecule has 0 aromatic heterocycles. The van der Waals surface area contributed by atoms with Crippen molar-refractivity contribution in [1.82, 2.24) is 4.90 Å². The zero-order valence-corrected chi connectivity index (χ0v) is 16.1. The molecule has 1 saturated heterocycles. The molecule has 0 spiro atoms. The van der Waals surface area contributed by atoms with Gasteiger partial charge in [-0.25, -0.2) is 0 Å². The Morgan fingerprint density at radius 3 is 2.71 bits per heavy atom. The third kappa shape index (κ3) is 5.48. The lowest BCUT2D eigenvalue weighted by atomic mass is 10.1. The van der Waals surface area contributed by atoms with E-state index in [-0.39, 0.29) is 23.3 Å². The molecule has 1 N–H and O–H groups in total. The Balaban J connectivity index is 1.99. The number of carbonyl (C=O) groups is 1. The number of nitro groups is 2. The lowest BCUT2D eigenvalue weighted by Crippen LogP contribution is -2.34. The molecule has 0 aliphatic carbocycles. The number of amides is 1. The largest absolute Gasteiger partial charge is 0.339 e. The summed E-state index contributed by atoms with van der Waals surface area (Å²) < 4.78 is 0. The number of carbonyl (C=O) groups excluding carboxylic acids is 1. The normalized spacial score (nSPS) is 17.1. The lowest BCUT2D eigenvalue weighted by Gasteiger charge is -2.24. The van der Waals surface area contributed by atoms with Crippen LogP contribution in [0.1, 0.15) is 52.4 Å². The molecule has 1 heterocycles. The van der Waals surface area contributed by atoms with Crippen LogP contribution in [0.5, 0.6) is 0 Å². The van der Waals surface area contributed by atoms with Crippen molar-refractivity contribution in [2.75, 3.05) is 12.0 Å². The maximum absolute atomic E-state index is 12.1. The summed E-state index contributed by atoms with van der Waals surface area (Å²) in [6.45, 7) is 4.46. The van der Waals surface area contributed by atoms with E-state index in [1.807, 2.05) is 4.90 Å². The summed E-state index contributed by atoms with van der Waals surface area (Å²) in [5.74, 6) is 0.160. The molecule has 1 aromatic carbocycles. The number of nitrogens with zero attached hydrogens (tertiary/aromatic N) is 4.